The molecule has 1 unspecified atom stereocenters. The Morgan fingerprint density at radius 3 is 3.00 bits per heavy atom. The van der Waals surface area contributed by atoms with E-state index in [0.29, 0.717) is 0 Å². The molecule has 0 amide bonds. The summed E-state index contributed by atoms with van der Waals surface area (Å²) in [5.41, 5.74) is 9.29. The van der Waals surface area contributed by atoms with Gasteiger partial charge in [0.2, 0.25) is 0 Å². The summed E-state index contributed by atoms with van der Waals surface area (Å²) >= 11 is 0. The molecule has 1 atom stereocenters. The second kappa shape index (κ2) is 4.74. The average molecular weight is 220 g/mol. The first-order valence-electron chi connectivity index (χ1n) is 5.89. The van der Waals surface area contributed by atoms with E-state index in [9.17, 15) is 0 Å². The molecule has 1 saturated heterocycles. The van der Waals surface area contributed by atoms with E-state index in [1.807, 2.05) is 6.07 Å². The Morgan fingerprint density at radius 1 is 1.44 bits per heavy atom. The predicted octanol–water partition coefficient (Wildman–Crippen LogP) is 2.19. The zero-order chi connectivity index (χ0) is 11.5. The highest BCUT2D eigenvalue weighted by Gasteiger charge is 2.16. The van der Waals surface area contributed by atoms with Crippen LogP contribution in [0.3, 0.4) is 0 Å². The maximum absolute atomic E-state index is 6.07. The molecule has 1 fully saturated rings. The average Bonchev–Trinajstić information content (AvgIpc) is 2.43. The maximum atomic E-state index is 6.07. The first-order valence-corrected chi connectivity index (χ1v) is 5.89. The van der Waals surface area contributed by atoms with E-state index in [-0.39, 0.29) is 6.10 Å². The number of ether oxygens (including phenoxy) is 1. The van der Waals surface area contributed by atoms with E-state index in [1.165, 1.54) is 5.56 Å². The van der Waals surface area contributed by atoms with Gasteiger partial charge in [0.15, 0.2) is 0 Å². The Labute approximate surface area is 97.2 Å². The van der Waals surface area contributed by atoms with Crippen LogP contribution >= 0.6 is 0 Å². The fourth-order valence-electron chi connectivity index (χ4n) is 2.18. The van der Waals surface area contributed by atoms with Crippen LogP contribution in [0.1, 0.15) is 18.9 Å². The molecule has 0 saturated carbocycles. The van der Waals surface area contributed by atoms with Crippen LogP contribution < -0.4 is 10.6 Å². The van der Waals surface area contributed by atoms with Crippen LogP contribution in [0.25, 0.3) is 0 Å². The number of benzene rings is 1. The molecule has 1 aliphatic rings. The first-order chi connectivity index (χ1) is 7.66. The van der Waals surface area contributed by atoms with Crippen molar-refractivity contribution in [3.8, 4) is 0 Å². The van der Waals surface area contributed by atoms with Gasteiger partial charge in [-0.2, -0.15) is 0 Å². The summed E-state index contributed by atoms with van der Waals surface area (Å²) in [7, 11) is 0. The Morgan fingerprint density at radius 2 is 2.25 bits per heavy atom. The minimum atomic E-state index is 0.281. The van der Waals surface area contributed by atoms with Crippen LogP contribution in [0, 0.1) is 6.92 Å². The number of aryl methyl sites for hydroxylation is 1. The van der Waals surface area contributed by atoms with Gasteiger partial charge in [0, 0.05) is 19.7 Å². The molecule has 3 nitrogen and oxygen atoms in total. The zero-order valence-corrected chi connectivity index (χ0v) is 10.1. The van der Waals surface area contributed by atoms with Gasteiger partial charge >= 0.3 is 0 Å². The monoisotopic (exact) mass is 220 g/mol. The molecule has 0 bridgehead atoms. The van der Waals surface area contributed by atoms with E-state index < -0.39 is 0 Å². The third kappa shape index (κ3) is 2.47. The molecule has 1 aliphatic heterocycles. The van der Waals surface area contributed by atoms with Crippen molar-refractivity contribution in [2.75, 3.05) is 30.3 Å². The van der Waals surface area contributed by atoms with Gasteiger partial charge in [-0.3, -0.25) is 0 Å². The Kier molecular flexibility index (Phi) is 3.34. The van der Waals surface area contributed by atoms with E-state index in [0.717, 1.165) is 37.5 Å². The maximum Gasteiger partial charge on any atom is 0.0721 e. The number of anilines is 2. The lowest BCUT2D eigenvalue weighted by Gasteiger charge is -2.25. The van der Waals surface area contributed by atoms with Crippen molar-refractivity contribution >= 4 is 11.4 Å². The first kappa shape index (κ1) is 11.3. The number of hydrogen-bond donors (Lipinski definition) is 1. The Hall–Kier alpha value is -1.22. The molecular formula is C13H20N2O. The van der Waals surface area contributed by atoms with Crippen molar-refractivity contribution < 1.29 is 4.74 Å². The molecule has 2 rings (SSSR count). The quantitative estimate of drug-likeness (QED) is 0.737. The van der Waals surface area contributed by atoms with Crippen LogP contribution in [-0.2, 0) is 4.74 Å². The van der Waals surface area contributed by atoms with Crippen molar-refractivity contribution in [1.82, 2.24) is 0 Å². The lowest BCUT2D eigenvalue weighted by molar-refractivity contribution is 0.0821. The summed E-state index contributed by atoms with van der Waals surface area (Å²) in [5.74, 6) is 0. The van der Waals surface area contributed by atoms with Crippen molar-refractivity contribution in [3.63, 3.8) is 0 Å². The molecule has 1 heterocycles. The van der Waals surface area contributed by atoms with Crippen LogP contribution in [0.5, 0.6) is 0 Å². The summed E-state index contributed by atoms with van der Waals surface area (Å²) in [4.78, 5) is 2.33. The van der Waals surface area contributed by atoms with Crippen molar-refractivity contribution in [2.24, 2.45) is 0 Å². The normalized spacial score (nSPS) is 21.9. The molecule has 0 spiro atoms. The number of hydrogen-bond acceptors (Lipinski definition) is 3. The SMILES string of the molecule is Cc1ccc(N2CCCOC(C)C2)c(N)c1. The smallest absolute Gasteiger partial charge is 0.0721 e. The second-order valence-electron chi connectivity index (χ2n) is 4.54. The van der Waals surface area contributed by atoms with Crippen LogP contribution in [0.2, 0.25) is 0 Å². The van der Waals surface area contributed by atoms with Crippen molar-refractivity contribution in [2.45, 2.75) is 26.4 Å². The third-order valence-electron chi connectivity index (χ3n) is 2.98. The molecule has 1 aromatic carbocycles. The molecule has 0 aliphatic carbocycles. The molecule has 16 heavy (non-hydrogen) atoms. The minimum Gasteiger partial charge on any atom is -0.397 e. The topological polar surface area (TPSA) is 38.5 Å². The molecule has 2 N–H and O–H groups in total. The van der Waals surface area contributed by atoms with E-state index in [1.54, 1.807) is 0 Å². The van der Waals surface area contributed by atoms with Gasteiger partial charge in [-0.05, 0) is 38.0 Å². The highest BCUT2D eigenvalue weighted by Crippen LogP contribution is 2.25. The summed E-state index contributed by atoms with van der Waals surface area (Å²) in [6.07, 6.45) is 1.35. The number of nitrogens with zero attached hydrogens (tertiary/aromatic N) is 1. The molecule has 0 aromatic heterocycles. The standard InChI is InChI=1S/C13H20N2O/c1-10-4-5-13(12(14)8-10)15-6-3-7-16-11(2)9-15/h4-5,8,11H,3,6-7,9,14H2,1-2H3. The number of nitrogens with two attached hydrogens (primary N) is 1. The highest BCUT2D eigenvalue weighted by atomic mass is 16.5. The molecule has 3 heteroatoms. The lowest BCUT2D eigenvalue weighted by Crippen LogP contribution is -2.30. The van der Waals surface area contributed by atoms with Crippen LogP contribution in [-0.4, -0.2) is 25.8 Å². The molecule has 88 valence electrons. The molecule has 1 aromatic rings. The second-order valence-corrected chi connectivity index (χ2v) is 4.54. The van der Waals surface area contributed by atoms with E-state index in [2.05, 4.69) is 30.9 Å². The summed E-state index contributed by atoms with van der Waals surface area (Å²) in [6.45, 7) is 6.98. The van der Waals surface area contributed by atoms with Gasteiger partial charge in [-0.1, -0.05) is 6.07 Å². The predicted molar refractivity (Wildman–Crippen MR) is 67.8 cm³/mol. The highest BCUT2D eigenvalue weighted by molar-refractivity contribution is 5.68. The zero-order valence-electron chi connectivity index (χ0n) is 10.1. The lowest BCUT2D eigenvalue weighted by atomic mass is 10.1. The molecule has 0 radical (unpaired) electrons. The Bertz CT molecular complexity index is 365. The van der Waals surface area contributed by atoms with Gasteiger partial charge < -0.3 is 15.4 Å². The summed E-state index contributed by atoms with van der Waals surface area (Å²) in [6, 6.07) is 6.26. The fourth-order valence-corrected chi connectivity index (χ4v) is 2.18. The number of nitrogen functional groups attached to an aromatic ring is 1. The van der Waals surface area contributed by atoms with Gasteiger partial charge in [0.25, 0.3) is 0 Å². The fraction of sp³-hybridized carbons (Fsp3) is 0.538. The molecular weight excluding hydrogens is 200 g/mol. The van der Waals surface area contributed by atoms with Crippen LogP contribution in [0.15, 0.2) is 18.2 Å². The van der Waals surface area contributed by atoms with Gasteiger partial charge in [0.1, 0.15) is 0 Å². The summed E-state index contributed by atoms with van der Waals surface area (Å²) in [5, 5.41) is 0. The largest absolute Gasteiger partial charge is 0.397 e. The van der Waals surface area contributed by atoms with Crippen LogP contribution in [0.4, 0.5) is 11.4 Å². The van der Waals surface area contributed by atoms with Crippen molar-refractivity contribution in [3.05, 3.63) is 23.8 Å². The van der Waals surface area contributed by atoms with E-state index in [4.69, 9.17) is 10.5 Å². The minimum absolute atomic E-state index is 0.281. The van der Waals surface area contributed by atoms with Crippen molar-refractivity contribution in [1.29, 1.82) is 0 Å². The van der Waals surface area contributed by atoms with E-state index >= 15 is 0 Å². The Balaban J connectivity index is 2.21. The third-order valence-corrected chi connectivity index (χ3v) is 2.98. The summed E-state index contributed by atoms with van der Waals surface area (Å²) < 4.78 is 5.64. The van der Waals surface area contributed by atoms with Gasteiger partial charge in [-0.25, -0.2) is 0 Å². The van der Waals surface area contributed by atoms with Gasteiger partial charge in [0.05, 0.1) is 17.5 Å². The van der Waals surface area contributed by atoms with Gasteiger partial charge in [-0.15, -0.1) is 0 Å². The number of rotatable bonds is 1.